The second kappa shape index (κ2) is 9.01. The Morgan fingerprint density at radius 1 is 1.12 bits per heavy atom. The number of benzene rings is 1. The van der Waals surface area contributed by atoms with Crippen LogP contribution in [0, 0.1) is 12.8 Å². The predicted molar refractivity (Wildman–Crippen MR) is 110 cm³/mol. The molecule has 3 aromatic rings. The highest BCUT2D eigenvalue weighted by atomic mass is 19.4. The molecule has 0 unspecified atom stereocenters. The summed E-state index contributed by atoms with van der Waals surface area (Å²) in [5.74, 6) is -0.206. The Labute approximate surface area is 182 Å². The molecular weight excluding hydrogens is 425 g/mol. The number of aromatic nitrogens is 4. The number of carbonyl (C=O) groups excluding carboxylic acids is 1. The van der Waals surface area contributed by atoms with Crippen LogP contribution < -0.4 is 15.0 Å². The van der Waals surface area contributed by atoms with Crippen molar-refractivity contribution in [2.75, 3.05) is 31.1 Å². The monoisotopic (exact) mass is 448 g/mol. The number of nitrogens with zero attached hydrogens (tertiary/aromatic N) is 5. The summed E-state index contributed by atoms with van der Waals surface area (Å²) in [6.45, 7) is 3.80. The average Bonchev–Trinajstić information content (AvgIpc) is 3.22. The molecule has 8 nitrogen and oxygen atoms in total. The summed E-state index contributed by atoms with van der Waals surface area (Å²) in [4.78, 5) is 14.3. The first-order chi connectivity index (χ1) is 15.3. The van der Waals surface area contributed by atoms with Crippen LogP contribution in [0.4, 0.5) is 19.0 Å². The van der Waals surface area contributed by atoms with Crippen LogP contribution >= 0.6 is 0 Å². The maximum atomic E-state index is 13.1. The van der Waals surface area contributed by atoms with Gasteiger partial charge in [0.05, 0.1) is 6.54 Å². The molecule has 3 heterocycles. The van der Waals surface area contributed by atoms with Gasteiger partial charge in [-0.1, -0.05) is 17.7 Å². The molecule has 0 aliphatic carbocycles. The van der Waals surface area contributed by atoms with E-state index >= 15 is 0 Å². The number of anilines is 1. The number of carbonyl (C=O) groups is 1. The minimum Gasteiger partial charge on any atom is -0.492 e. The van der Waals surface area contributed by atoms with E-state index in [9.17, 15) is 18.0 Å². The molecule has 32 heavy (non-hydrogen) atoms. The third-order valence-electron chi connectivity index (χ3n) is 5.38. The number of hydrogen-bond donors (Lipinski definition) is 1. The van der Waals surface area contributed by atoms with Gasteiger partial charge in [0.1, 0.15) is 18.2 Å². The van der Waals surface area contributed by atoms with E-state index in [0.717, 1.165) is 11.3 Å². The Morgan fingerprint density at radius 3 is 2.53 bits per heavy atom. The Balaban J connectivity index is 1.27. The summed E-state index contributed by atoms with van der Waals surface area (Å²) >= 11 is 0. The van der Waals surface area contributed by atoms with Gasteiger partial charge in [0, 0.05) is 19.0 Å². The fourth-order valence-electron chi connectivity index (χ4n) is 3.62. The molecule has 1 saturated heterocycles. The topological polar surface area (TPSA) is 84.6 Å². The van der Waals surface area contributed by atoms with Gasteiger partial charge < -0.3 is 15.0 Å². The minimum atomic E-state index is -4.64. The Hall–Kier alpha value is -3.37. The second-order valence-corrected chi connectivity index (χ2v) is 7.70. The first-order valence-electron chi connectivity index (χ1n) is 10.3. The number of ether oxygens (including phenoxy) is 1. The van der Waals surface area contributed by atoms with Crippen molar-refractivity contribution in [2.24, 2.45) is 5.92 Å². The zero-order valence-corrected chi connectivity index (χ0v) is 17.5. The number of rotatable bonds is 6. The van der Waals surface area contributed by atoms with Crippen molar-refractivity contribution in [3.8, 4) is 5.75 Å². The molecule has 1 fully saturated rings. The van der Waals surface area contributed by atoms with Gasteiger partial charge in [-0.25, -0.2) is 0 Å². The molecule has 1 amide bonds. The van der Waals surface area contributed by atoms with E-state index < -0.39 is 12.0 Å². The lowest BCUT2D eigenvalue weighted by molar-refractivity contribution is -0.146. The molecule has 0 atom stereocenters. The van der Waals surface area contributed by atoms with Crippen molar-refractivity contribution in [1.82, 2.24) is 25.1 Å². The van der Waals surface area contributed by atoms with Crippen molar-refractivity contribution in [1.29, 1.82) is 0 Å². The van der Waals surface area contributed by atoms with Crippen molar-refractivity contribution < 1.29 is 22.7 Å². The number of aryl methyl sites for hydroxylation is 1. The highest BCUT2D eigenvalue weighted by molar-refractivity contribution is 5.79. The molecule has 0 bridgehead atoms. The standard InChI is InChI=1S/C21H23F3N6O2/c1-14-2-4-16(5-3-14)32-13-10-25-19(31)15-8-11-29(12-9-15)18-7-6-17-26-27-20(21(22,23)24)30(17)28-18/h2-7,15H,8-13H2,1H3,(H,25,31). The van der Waals surface area contributed by atoms with Crippen molar-refractivity contribution in [3.05, 3.63) is 47.8 Å². The Kier molecular flexibility index (Phi) is 6.15. The van der Waals surface area contributed by atoms with Gasteiger partial charge in [0.25, 0.3) is 5.82 Å². The van der Waals surface area contributed by atoms with Gasteiger partial charge in [-0.15, -0.1) is 15.3 Å². The molecule has 1 N–H and O–H groups in total. The maximum Gasteiger partial charge on any atom is 0.453 e. The highest BCUT2D eigenvalue weighted by Crippen LogP contribution is 2.28. The van der Waals surface area contributed by atoms with E-state index in [1.807, 2.05) is 36.1 Å². The van der Waals surface area contributed by atoms with Crippen LogP contribution in [0.2, 0.25) is 0 Å². The lowest BCUT2D eigenvalue weighted by Crippen LogP contribution is -2.41. The summed E-state index contributed by atoms with van der Waals surface area (Å²) in [5, 5.41) is 13.7. The third kappa shape index (κ3) is 4.92. The van der Waals surface area contributed by atoms with Crippen molar-refractivity contribution >= 4 is 17.4 Å². The summed E-state index contributed by atoms with van der Waals surface area (Å²) in [7, 11) is 0. The lowest BCUT2D eigenvalue weighted by Gasteiger charge is -2.32. The van der Waals surface area contributed by atoms with Gasteiger partial charge in [-0.3, -0.25) is 4.79 Å². The molecule has 4 rings (SSSR count). The maximum absolute atomic E-state index is 13.1. The van der Waals surface area contributed by atoms with Gasteiger partial charge in [-0.2, -0.15) is 17.7 Å². The molecule has 0 spiro atoms. The van der Waals surface area contributed by atoms with E-state index in [1.54, 1.807) is 6.07 Å². The number of piperidine rings is 1. The zero-order chi connectivity index (χ0) is 22.7. The van der Waals surface area contributed by atoms with Crippen LogP contribution in [-0.2, 0) is 11.0 Å². The predicted octanol–water partition coefficient (Wildman–Crippen LogP) is 2.86. The van der Waals surface area contributed by atoms with Crippen LogP contribution in [0.25, 0.3) is 5.65 Å². The van der Waals surface area contributed by atoms with E-state index in [2.05, 4.69) is 20.6 Å². The highest BCUT2D eigenvalue weighted by Gasteiger charge is 2.38. The van der Waals surface area contributed by atoms with Crippen LogP contribution in [0.1, 0.15) is 24.2 Å². The number of nitrogens with one attached hydrogen (secondary N) is 1. The van der Waals surface area contributed by atoms with Crippen LogP contribution in [0.5, 0.6) is 5.75 Å². The molecular formula is C21H23F3N6O2. The minimum absolute atomic E-state index is 0.0307. The molecule has 11 heteroatoms. The largest absolute Gasteiger partial charge is 0.492 e. The molecule has 1 aliphatic heterocycles. The quantitative estimate of drug-likeness (QED) is 0.584. The van der Waals surface area contributed by atoms with Crippen molar-refractivity contribution in [2.45, 2.75) is 25.9 Å². The Morgan fingerprint density at radius 2 is 1.84 bits per heavy atom. The first kappa shape index (κ1) is 21.8. The summed E-state index contributed by atoms with van der Waals surface area (Å²) < 4.78 is 45.5. The van der Waals surface area contributed by atoms with Gasteiger partial charge in [0.15, 0.2) is 5.65 Å². The summed E-state index contributed by atoms with van der Waals surface area (Å²) in [5.41, 5.74) is 1.18. The van der Waals surface area contributed by atoms with Crippen LogP contribution in [0.3, 0.4) is 0 Å². The number of alkyl halides is 3. The average molecular weight is 448 g/mol. The molecule has 1 aromatic carbocycles. The van der Waals surface area contributed by atoms with Gasteiger partial charge in [0.2, 0.25) is 5.91 Å². The molecule has 0 saturated carbocycles. The molecule has 2 aromatic heterocycles. The fourth-order valence-corrected chi connectivity index (χ4v) is 3.62. The fraction of sp³-hybridized carbons (Fsp3) is 0.429. The van der Waals surface area contributed by atoms with E-state index in [0.29, 0.717) is 49.4 Å². The third-order valence-corrected chi connectivity index (χ3v) is 5.38. The van der Waals surface area contributed by atoms with Crippen molar-refractivity contribution in [3.63, 3.8) is 0 Å². The Bertz CT molecular complexity index is 1080. The summed E-state index contributed by atoms with van der Waals surface area (Å²) in [6, 6.07) is 10.8. The van der Waals surface area contributed by atoms with Gasteiger partial charge in [-0.05, 0) is 44.0 Å². The van der Waals surface area contributed by atoms with E-state index in [1.165, 1.54) is 6.07 Å². The number of amides is 1. The van der Waals surface area contributed by atoms with Crippen LogP contribution in [0.15, 0.2) is 36.4 Å². The van der Waals surface area contributed by atoms with Crippen LogP contribution in [-0.4, -0.2) is 52.0 Å². The van der Waals surface area contributed by atoms with E-state index in [-0.39, 0.29) is 17.5 Å². The molecule has 0 radical (unpaired) electrons. The smallest absolute Gasteiger partial charge is 0.453 e. The van der Waals surface area contributed by atoms with E-state index in [4.69, 9.17) is 4.74 Å². The molecule has 170 valence electrons. The second-order valence-electron chi connectivity index (χ2n) is 7.70. The number of hydrogen-bond acceptors (Lipinski definition) is 6. The number of halogens is 3. The zero-order valence-electron chi connectivity index (χ0n) is 17.5. The SMILES string of the molecule is Cc1ccc(OCCNC(=O)C2CCN(c3ccc4nnc(C(F)(F)F)n4n3)CC2)cc1. The normalized spacial score (nSPS) is 15.2. The summed E-state index contributed by atoms with van der Waals surface area (Å²) in [6.07, 6.45) is -3.48. The molecule has 1 aliphatic rings. The number of fused-ring (bicyclic) bond motifs is 1. The lowest BCUT2D eigenvalue weighted by atomic mass is 9.96. The van der Waals surface area contributed by atoms with Gasteiger partial charge >= 0.3 is 6.18 Å². The first-order valence-corrected chi connectivity index (χ1v) is 10.3.